The summed E-state index contributed by atoms with van der Waals surface area (Å²) in [4.78, 5) is 1.33. The molecule has 0 spiro atoms. The van der Waals surface area contributed by atoms with Crippen molar-refractivity contribution in [1.29, 1.82) is 0 Å². The first kappa shape index (κ1) is 12.4. The maximum Gasteiger partial charge on any atom is 0.138 e. The standard InChI is InChI=1S/C13H14ClNOS/c1-9-5-6-17-12(9)8-15-7-10-3-2-4-11(14)13(10)16/h2-6,15-16H,7-8H2,1H3. The lowest BCUT2D eigenvalue weighted by Crippen LogP contribution is -2.12. The molecule has 0 aliphatic carbocycles. The van der Waals surface area contributed by atoms with E-state index in [0.717, 1.165) is 12.1 Å². The van der Waals surface area contributed by atoms with Crippen LogP contribution < -0.4 is 5.32 Å². The molecule has 0 bridgehead atoms. The summed E-state index contributed by atoms with van der Waals surface area (Å²) in [6.07, 6.45) is 0. The predicted molar refractivity (Wildman–Crippen MR) is 72.7 cm³/mol. The van der Waals surface area contributed by atoms with E-state index < -0.39 is 0 Å². The number of rotatable bonds is 4. The Labute approximate surface area is 110 Å². The number of para-hydroxylation sites is 1. The second-order valence-electron chi connectivity index (χ2n) is 3.88. The molecule has 1 aromatic heterocycles. The summed E-state index contributed by atoms with van der Waals surface area (Å²) in [5.41, 5.74) is 2.13. The van der Waals surface area contributed by atoms with Gasteiger partial charge in [-0.3, -0.25) is 0 Å². The van der Waals surface area contributed by atoms with Crippen molar-refractivity contribution in [3.8, 4) is 5.75 Å². The molecule has 2 aromatic rings. The molecule has 1 aromatic carbocycles. The van der Waals surface area contributed by atoms with Gasteiger partial charge in [-0.15, -0.1) is 11.3 Å². The van der Waals surface area contributed by atoms with Gasteiger partial charge in [0.05, 0.1) is 5.02 Å². The van der Waals surface area contributed by atoms with E-state index in [-0.39, 0.29) is 5.75 Å². The van der Waals surface area contributed by atoms with Crippen molar-refractivity contribution < 1.29 is 5.11 Å². The van der Waals surface area contributed by atoms with Gasteiger partial charge < -0.3 is 10.4 Å². The molecule has 90 valence electrons. The smallest absolute Gasteiger partial charge is 0.138 e. The van der Waals surface area contributed by atoms with E-state index in [1.165, 1.54) is 10.4 Å². The quantitative estimate of drug-likeness (QED) is 0.885. The summed E-state index contributed by atoms with van der Waals surface area (Å²) in [5.74, 6) is 0.171. The van der Waals surface area contributed by atoms with E-state index in [9.17, 15) is 5.11 Å². The zero-order valence-electron chi connectivity index (χ0n) is 9.53. The Balaban J connectivity index is 1.95. The number of hydrogen-bond acceptors (Lipinski definition) is 3. The van der Waals surface area contributed by atoms with Crippen LogP contribution in [0.1, 0.15) is 16.0 Å². The molecule has 2 N–H and O–H groups in total. The average Bonchev–Trinajstić information content (AvgIpc) is 2.71. The molecular weight excluding hydrogens is 254 g/mol. The molecule has 0 fully saturated rings. The number of aryl methyl sites for hydroxylation is 1. The maximum absolute atomic E-state index is 9.74. The lowest BCUT2D eigenvalue weighted by atomic mass is 10.2. The minimum absolute atomic E-state index is 0.171. The van der Waals surface area contributed by atoms with Gasteiger partial charge in [0.25, 0.3) is 0 Å². The fourth-order valence-electron chi connectivity index (χ4n) is 1.60. The average molecular weight is 268 g/mol. The first-order chi connectivity index (χ1) is 8.18. The Morgan fingerprint density at radius 1 is 1.29 bits per heavy atom. The third kappa shape index (κ3) is 3.00. The molecule has 17 heavy (non-hydrogen) atoms. The van der Waals surface area contributed by atoms with Gasteiger partial charge in [0.1, 0.15) is 5.75 Å². The van der Waals surface area contributed by atoms with Gasteiger partial charge in [0.15, 0.2) is 0 Å². The maximum atomic E-state index is 9.74. The third-order valence-corrected chi connectivity index (χ3v) is 3.97. The zero-order chi connectivity index (χ0) is 12.3. The van der Waals surface area contributed by atoms with Crippen molar-refractivity contribution in [3.63, 3.8) is 0 Å². The highest BCUT2D eigenvalue weighted by Gasteiger charge is 2.05. The van der Waals surface area contributed by atoms with Crippen molar-refractivity contribution in [2.75, 3.05) is 0 Å². The largest absolute Gasteiger partial charge is 0.506 e. The number of benzene rings is 1. The number of thiophene rings is 1. The summed E-state index contributed by atoms with van der Waals surface area (Å²) >= 11 is 7.58. The van der Waals surface area contributed by atoms with Gasteiger partial charge >= 0.3 is 0 Å². The summed E-state index contributed by atoms with van der Waals surface area (Å²) in [6, 6.07) is 7.51. The third-order valence-electron chi connectivity index (χ3n) is 2.64. The topological polar surface area (TPSA) is 32.3 Å². The van der Waals surface area contributed by atoms with Crippen LogP contribution >= 0.6 is 22.9 Å². The first-order valence-corrected chi connectivity index (χ1v) is 6.64. The fourth-order valence-corrected chi connectivity index (χ4v) is 2.67. The molecule has 0 aliphatic rings. The van der Waals surface area contributed by atoms with Crippen LogP contribution in [-0.2, 0) is 13.1 Å². The minimum atomic E-state index is 0.171. The normalized spacial score (nSPS) is 10.7. The van der Waals surface area contributed by atoms with Gasteiger partial charge in [0.2, 0.25) is 0 Å². The predicted octanol–water partition coefficient (Wildman–Crippen LogP) is 3.71. The Kier molecular flexibility index (Phi) is 4.05. The van der Waals surface area contributed by atoms with E-state index in [2.05, 4.69) is 23.7 Å². The van der Waals surface area contributed by atoms with Crippen LogP contribution in [0.2, 0.25) is 5.02 Å². The number of phenolic OH excluding ortho intramolecular Hbond substituents is 1. The molecule has 0 saturated carbocycles. The van der Waals surface area contributed by atoms with E-state index in [1.807, 2.05) is 12.1 Å². The summed E-state index contributed by atoms with van der Waals surface area (Å²) < 4.78 is 0. The molecule has 0 amide bonds. The lowest BCUT2D eigenvalue weighted by Gasteiger charge is -2.07. The Bertz CT molecular complexity index is 510. The first-order valence-electron chi connectivity index (χ1n) is 5.38. The van der Waals surface area contributed by atoms with Gasteiger partial charge in [-0.05, 0) is 30.0 Å². The van der Waals surface area contributed by atoms with Crippen LogP contribution in [0.5, 0.6) is 5.75 Å². The second-order valence-corrected chi connectivity index (χ2v) is 5.29. The number of nitrogens with one attached hydrogen (secondary N) is 1. The highest BCUT2D eigenvalue weighted by Crippen LogP contribution is 2.26. The van der Waals surface area contributed by atoms with Crippen LogP contribution in [0.25, 0.3) is 0 Å². The van der Waals surface area contributed by atoms with E-state index in [0.29, 0.717) is 11.6 Å². The summed E-state index contributed by atoms with van der Waals surface area (Å²) in [7, 11) is 0. The van der Waals surface area contributed by atoms with E-state index in [1.54, 1.807) is 17.4 Å². The van der Waals surface area contributed by atoms with Gasteiger partial charge in [-0.25, -0.2) is 0 Å². The number of phenols is 1. The molecule has 4 heteroatoms. The van der Waals surface area contributed by atoms with Crippen LogP contribution in [0, 0.1) is 6.92 Å². The second kappa shape index (κ2) is 5.54. The van der Waals surface area contributed by atoms with Crippen LogP contribution in [0.3, 0.4) is 0 Å². The Morgan fingerprint density at radius 2 is 2.12 bits per heavy atom. The zero-order valence-corrected chi connectivity index (χ0v) is 11.1. The molecule has 1 heterocycles. The van der Waals surface area contributed by atoms with Gasteiger partial charge in [0, 0.05) is 23.5 Å². The van der Waals surface area contributed by atoms with Crippen LogP contribution in [0.4, 0.5) is 0 Å². The molecule has 0 atom stereocenters. The minimum Gasteiger partial charge on any atom is -0.506 e. The molecule has 0 radical (unpaired) electrons. The molecule has 0 aliphatic heterocycles. The molecule has 0 unspecified atom stereocenters. The fraction of sp³-hybridized carbons (Fsp3) is 0.231. The highest BCUT2D eigenvalue weighted by atomic mass is 35.5. The summed E-state index contributed by atoms with van der Waals surface area (Å²) in [6.45, 7) is 3.53. The molecular formula is C13H14ClNOS. The molecule has 2 nitrogen and oxygen atoms in total. The number of aromatic hydroxyl groups is 1. The van der Waals surface area contributed by atoms with Crippen LogP contribution in [-0.4, -0.2) is 5.11 Å². The number of hydrogen-bond donors (Lipinski definition) is 2. The molecule has 2 rings (SSSR count). The molecule has 0 saturated heterocycles. The van der Waals surface area contributed by atoms with Gasteiger partial charge in [-0.1, -0.05) is 23.7 Å². The van der Waals surface area contributed by atoms with Crippen molar-refractivity contribution in [2.45, 2.75) is 20.0 Å². The van der Waals surface area contributed by atoms with E-state index in [4.69, 9.17) is 11.6 Å². The monoisotopic (exact) mass is 267 g/mol. The number of halogens is 1. The summed E-state index contributed by atoms with van der Waals surface area (Å²) in [5, 5.41) is 15.5. The van der Waals surface area contributed by atoms with Gasteiger partial charge in [-0.2, -0.15) is 0 Å². The lowest BCUT2D eigenvalue weighted by molar-refractivity contribution is 0.465. The van der Waals surface area contributed by atoms with Crippen molar-refractivity contribution in [3.05, 3.63) is 50.7 Å². The highest BCUT2D eigenvalue weighted by molar-refractivity contribution is 7.10. The van der Waals surface area contributed by atoms with E-state index >= 15 is 0 Å². The van der Waals surface area contributed by atoms with Crippen LogP contribution in [0.15, 0.2) is 29.6 Å². The van der Waals surface area contributed by atoms with Crippen molar-refractivity contribution >= 4 is 22.9 Å². The SMILES string of the molecule is Cc1ccsc1CNCc1cccc(Cl)c1O. The van der Waals surface area contributed by atoms with Crippen molar-refractivity contribution in [1.82, 2.24) is 5.32 Å². The Morgan fingerprint density at radius 3 is 2.82 bits per heavy atom. The van der Waals surface area contributed by atoms with Crippen molar-refractivity contribution in [2.24, 2.45) is 0 Å². The Hall–Kier alpha value is -1.03.